The molecule has 0 aliphatic carbocycles. The van der Waals surface area contributed by atoms with E-state index < -0.39 is 59.8 Å². The van der Waals surface area contributed by atoms with E-state index in [9.17, 15) is 57.4 Å². The van der Waals surface area contributed by atoms with Crippen molar-refractivity contribution in [3.63, 3.8) is 0 Å². The van der Waals surface area contributed by atoms with Gasteiger partial charge < -0.3 is 56.0 Å². The number of aliphatic hydroxyl groups excluding tert-OH is 1. The van der Waals surface area contributed by atoms with Gasteiger partial charge in [-0.3, -0.25) is 33.3 Å². The fourth-order valence-corrected chi connectivity index (χ4v) is 13.0. The van der Waals surface area contributed by atoms with Gasteiger partial charge in [0.2, 0.25) is 17.7 Å². The Morgan fingerprint density at radius 3 is 2.30 bits per heavy atom. The zero-order valence-corrected chi connectivity index (χ0v) is 39.4. The van der Waals surface area contributed by atoms with Crippen LogP contribution in [0.15, 0.2) is 21.9 Å². The third-order valence-corrected chi connectivity index (χ3v) is 17.2. The number of phosphoric acid groups is 3. The standard InChI is InChI=1S/C33H54N7O18P3S3/c41-23-17-29(56-24(23)19-55-60(51,52)58-61(53,54)57-59(48,49)50)40-18-21(31(45)39-33(40)47)7-6-13-35-28(44)11-15-63-64-16-14-36-27(43)9-2-1-5-12-34-26(42)10-4-3-8-25-30-22(20-62-25)37-32(46)38-30/h6-7,18,22-25,29-30,41H,1-5,8-17,19-20H2,(H,34,42)(H,35,44)(H,36,43)(H,51,52)(H,53,54)(H2,37,38,46)(H,39,45,47)(H2,48,49,50). The lowest BCUT2D eigenvalue weighted by atomic mass is 10.0. The molecule has 4 rings (SSSR count). The molecular weight excluding hydrogens is 972 g/mol. The topological polar surface area (TPSA) is 373 Å². The van der Waals surface area contributed by atoms with Crippen LogP contribution in [0.25, 0.3) is 6.08 Å². The number of fused-ring (bicyclic) bond motifs is 1. The van der Waals surface area contributed by atoms with Gasteiger partial charge in [0, 0.05) is 74.0 Å². The summed E-state index contributed by atoms with van der Waals surface area (Å²) < 4.78 is 52.5. The Bertz CT molecular complexity index is 2060. The Morgan fingerprint density at radius 1 is 0.875 bits per heavy atom. The second kappa shape index (κ2) is 26.1. The van der Waals surface area contributed by atoms with E-state index in [1.54, 1.807) is 0 Å². The molecule has 11 N–H and O–H groups in total. The van der Waals surface area contributed by atoms with Crippen LogP contribution in [-0.2, 0) is 46.0 Å². The van der Waals surface area contributed by atoms with Crippen molar-refractivity contribution >= 4 is 86.6 Å². The van der Waals surface area contributed by atoms with E-state index in [2.05, 4.69) is 44.7 Å². The summed E-state index contributed by atoms with van der Waals surface area (Å²) >= 11 is 1.87. The van der Waals surface area contributed by atoms with Crippen LogP contribution in [0.3, 0.4) is 0 Å². The van der Waals surface area contributed by atoms with Gasteiger partial charge in [-0.2, -0.15) is 20.4 Å². The summed E-state index contributed by atoms with van der Waals surface area (Å²) in [5, 5.41) is 25.2. The number of aromatic amines is 1. The summed E-state index contributed by atoms with van der Waals surface area (Å²) in [6.45, 7) is 0.136. The van der Waals surface area contributed by atoms with Crippen molar-refractivity contribution in [1.29, 1.82) is 0 Å². The zero-order valence-electron chi connectivity index (χ0n) is 34.3. The van der Waals surface area contributed by atoms with Gasteiger partial charge in [0.05, 0.1) is 30.4 Å². The predicted molar refractivity (Wildman–Crippen MR) is 236 cm³/mol. The number of thioether (sulfide) groups is 1. The molecule has 3 aliphatic heterocycles. The van der Waals surface area contributed by atoms with Gasteiger partial charge in [0.15, 0.2) is 0 Å². The van der Waals surface area contributed by atoms with Crippen LogP contribution in [-0.4, -0.2) is 131 Å². The molecular formula is C33H54N7O18P3S3. The van der Waals surface area contributed by atoms with E-state index in [-0.39, 0.29) is 60.8 Å². The lowest BCUT2D eigenvalue weighted by molar-refractivity contribution is -0.122. The number of urea groups is 1. The number of hydrogen-bond donors (Lipinski definition) is 11. The fourth-order valence-electron chi connectivity index (χ4n) is 6.54. The van der Waals surface area contributed by atoms with Gasteiger partial charge in [0.25, 0.3) is 5.56 Å². The summed E-state index contributed by atoms with van der Waals surface area (Å²) in [7, 11) is -13.9. The first kappa shape index (κ1) is 54.1. The molecule has 31 heteroatoms. The van der Waals surface area contributed by atoms with E-state index in [1.165, 1.54) is 33.7 Å². The smallest absolute Gasteiger partial charge is 0.390 e. The molecule has 1 aromatic heterocycles. The van der Waals surface area contributed by atoms with E-state index in [0.29, 0.717) is 49.1 Å². The maximum absolute atomic E-state index is 12.5. The summed E-state index contributed by atoms with van der Waals surface area (Å²) in [4.78, 5) is 111. The summed E-state index contributed by atoms with van der Waals surface area (Å²) in [5.74, 6) is 1.80. The number of unbranched alkanes of at least 4 members (excludes halogenated alkanes) is 3. The van der Waals surface area contributed by atoms with Gasteiger partial charge in [-0.1, -0.05) is 46.6 Å². The number of rotatable bonds is 29. The number of carbonyl (C=O) groups is 4. The van der Waals surface area contributed by atoms with Crippen LogP contribution in [0.1, 0.15) is 76.0 Å². The second-order valence-electron chi connectivity index (χ2n) is 14.5. The van der Waals surface area contributed by atoms with Crippen molar-refractivity contribution < 1.29 is 75.4 Å². The lowest BCUT2D eigenvalue weighted by Gasteiger charge is -2.19. The predicted octanol–water partition coefficient (Wildman–Crippen LogP) is 0.948. The van der Waals surface area contributed by atoms with Crippen molar-refractivity contribution in [3.05, 3.63) is 38.7 Å². The molecule has 0 saturated carbocycles. The van der Waals surface area contributed by atoms with Crippen LogP contribution in [0.5, 0.6) is 0 Å². The molecule has 4 heterocycles. The Hall–Kier alpha value is -2.52. The van der Waals surface area contributed by atoms with Crippen LogP contribution >= 0.6 is 56.8 Å². The number of carbonyl (C=O) groups excluding carboxylic acids is 4. The first-order valence-electron chi connectivity index (χ1n) is 20.1. The minimum absolute atomic E-state index is 0.0282. The van der Waals surface area contributed by atoms with Crippen molar-refractivity contribution in [1.82, 2.24) is 36.1 Å². The van der Waals surface area contributed by atoms with Gasteiger partial charge >= 0.3 is 35.2 Å². The molecule has 0 spiro atoms. The number of nitrogens with zero attached hydrogens (tertiary/aromatic N) is 1. The number of nitrogens with one attached hydrogen (secondary N) is 6. The number of ether oxygens (including phenoxy) is 1. The van der Waals surface area contributed by atoms with Crippen LogP contribution in [0.4, 0.5) is 4.79 Å². The summed E-state index contributed by atoms with van der Waals surface area (Å²) in [5.41, 5.74) is -1.73. The largest absolute Gasteiger partial charge is 0.490 e. The monoisotopic (exact) mass is 1030 g/mol. The molecule has 1 aromatic rings. The molecule has 5 amide bonds. The molecule has 0 bridgehead atoms. The maximum Gasteiger partial charge on any atom is 0.490 e. The quantitative estimate of drug-likeness (QED) is 0.0230. The SMILES string of the molecule is O=C(CCSSCCNC(=O)CCCCCNC(=O)CCCCC1SCC2NC(=O)NC21)NCC=Cc1cn(C2CC(O)C(COP(=O)(O)OP(=O)(O)OP(=O)(O)O)O2)c(=O)[nH]c1=O. The first-order chi connectivity index (χ1) is 30.2. The number of phosphoric ester groups is 1. The zero-order chi connectivity index (χ0) is 46.9. The highest BCUT2D eigenvalue weighted by Crippen LogP contribution is 2.66. The van der Waals surface area contributed by atoms with Crippen LogP contribution in [0.2, 0.25) is 0 Å². The second-order valence-corrected chi connectivity index (χ2v) is 22.9. The maximum atomic E-state index is 12.5. The average Bonchev–Trinajstić information content (AvgIpc) is 3.87. The Labute approximate surface area is 379 Å². The third-order valence-electron chi connectivity index (χ3n) is 9.53. The highest BCUT2D eigenvalue weighted by Gasteiger charge is 2.44. The van der Waals surface area contributed by atoms with E-state index in [1.807, 2.05) is 11.8 Å². The Kier molecular flexibility index (Phi) is 22.1. The highest BCUT2D eigenvalue weighted by atomic mass is 33.1. The first-order valence-corrected chi connectivity index (χ1v) is 28.1. The van der Waals surface area contributed by atoms with Crippen LogP contribution in [0, 0.1) is 0 Å². The van der Waals surface area contributed by atoms with Gasteiger partial charge in [-0.05, 0) is 25.7 Å². The normalized spacial score (nSPS) is 23.8. The van der Waals surface area contributed by atoms with Crippen molar-refractivity contribution in [2.75, 3.05) is 43.5 Å². The van der Waals surface area contributed by atoms with Crippen molar-refractivity contribution in [3.8, 4) is 0 Å². The Morgan fingerprint density at radius 2 is 1.56 bits per heavy atom. The number of aliphatic hydroxyl groups is 1. The minimum atomic E-state index is -5.77. The average molecular weight is 1030 g/mol. The van der Waals surface area contributed by atoms with Crippen molar-refractivity contribution in [2.45, 2.75) is 100.0 Å². The van der Waals surface area contributed by atoms with Gasteiger partial charge in [-0.25, -0.2) is 23.3 Å². The molecule has 3 saturated heterocycles. The number of aromatic nitrogens is 2. The van der Waals surface area contributed by atoms with Crippen LogP contribution < -0.4 is 37.8 Å². The van der Waals surface area contributed by atoms with Gasteiger partial charge in [0.1, 0.15) is 12.3 Å². The molecule has 64 heavy (non-hydrogen) atoms. The summed E-state index contributed by atoms with van der Waals surface area (Å²) in [6, 6.07) is 0.293. The van der Waals surface area contributed by atoms with E-state index in [4.69, 9.17) is 14.5 Å². The third kappa shape index (κ3) is 19.8. The molecule has 3 fully saturated rings. The van der Waals surface area contributed by atoms with E-state index in [0.717, 1.165) is 48.6 Å². The lowest BCUT2D eigenvalue weighted by Crippen LogP contribution is -2.36. The highest BCUT2D eigenvalue weighted by molar-refractivity contribution is 8.76. The fraction of sp³-hybridized carbons (Fsp3) is 0.697. The molecule has 362 valence electrons. The number of hydrogen-bond acceptors (Lipinski definition) is 17. The molecule has 8 atom stereocenters. The number of H-pyrrole nitrogens is 1. The van der Waals surface area contributed by atoms with Gasteiger partial charge in [-0.15, -0.1) is 0 Å². The van der Waals surface area contributed by atoms with Crippen molar-refractivity contribution in [2.24, 2.45) is 0 Å². The molecule has 0 radical (unpaired) electrons. The molecule has 8 unspecified atom stereocenters. The minimum Gasteiger partial charge on any atom is -0.390 e. The Balaban J connectivity index is 0.995. The molecule has 3 aliphatic rings. The number of amides is 5. The van der Waals surface area contributed by atoms with E-state index >= 15 is 0 Å². The molecule has 0 aromatic carbocycles. The molecule has 25 nitrogen and oxygen atoms in total. The summed E-state index contributed by atoms with van der Waals surface area (Å²) in [6.07, 6.45) is 5.67.